The molecule has 0 bridgehead atoms. The SMILES string of the molecule is CC(C)(C)Cn1nnc(I)n1. The molecule has 4 nitrogen and oxygen atoms in total. The molecule has 0 atom stereocenters. The molecule has 1 rings (SSSR count). The Morgan fingerprint density at radius 3 is 2.45 bits per heavy atom. The fraction of sp³-hybridized carbons (Fsp3) is 0.833. The second kappa shape index (κ2) is 3.04. The van der Waals surface area contributed by atoms with Crippen molar-refractivity contribution in [2.45, 2.75) is 27.3 Å². The second-order valence-electron chi connectivity index (χ2n) is 3.65. The molecule has 0 aliphatic rings. The van der Waals surface area contributed by atoms with Gasteiger partial charge in [0.05, 0.1) is 6.54 Å². The van der Waals surface area contributed by atoms with Crippen LogP contribution in [0.5, 0.6) is 0 Å². The van der Waals surface area contributed by atoms with Crippen LogP contribution in [0.2, 0.25) is 0 Å². The van der Waals surface area contributed by atoms with Crippen molar-refractivity contribution in [3.63, 3.8) is 0 Å². The molecule has 0 aliphatic heterocycles. The highest BCUT2D eigenvalue weighted by Crippen LogP contribution is 2.14. The van der Waals surface area contributed by atoms with Crippen LogP contribution in [0.3, 0.4) is 0 Å². The number of rotatable bonds is 1. The monoisotopic (exact) mass is 266 g/mol. The second-order valence-corrected chi connectivity index (χ2v) is 4.61. The van der Waals surface area contributed by atoms with Gasteiger partial charge < -0.3 is 0 Å². The summed E-state index contributed by atoms with van der Waals surface area (Å²) in [5, 5.41) is 11.7. The summed E-state index contributed by atoms with van der Waals surface area (Å²) in [5.41, 5.74) is 0.212. The summed E-state index contributed by atoms with van der Waals surface area (Å²) >= 11 is 2.05. The van der Waals surface area contributed by atoms with E-state index >= 15 is 0 Å². The van der Waals surface area contributed by atoms with Crippen LogP contribution in [0.15, 0.2) is 0 Å². The van der Waals surface area contributed by atoms with Gasteiger partial charge in [0.1, 0.15) is 0 Å². The van der Waals surface area contributed by atoms with Crippen LogP contribution in [-0.2, 0) is 6.54 Å². The third-order valence-corrected chi connectivity index (χ3v) is 1.48. The minimum Gasteiger partial charge on any atom is -0.163 e. The minimum absolute atomic E-state index is 0.212. The van der Waals surface area contributed by atoms with Gasteiger partial charge in [-0.3, -0.25) is 0 Å². The predicted octanol–water partition coefficient (Wildman–Crippen LogP) is 1.32. The Balaban J connectivity index is 2.65. The van der Waals surface area contributed by atoms with Crippen LogP contribution in [0, 0.1) is 9.25 Å². The molecule has 0 spiro atoms. The molecule has 62 valence electrons. The molecule has 0 saturated heterocycles. The van der Waals surface area contributed by atoms with Crippen LogP contribution in [0.25, 0.3) is 0 Å². The van der Waals surface area contributed by atoms with Crippen molar-refractivity contribution >= 4 is 22.6 Å². The molecule has 0 radical (unpaired) electrons. The van der Waals surface area contributed by atoms with Gasteiger partial charge in [-0.1, -0.05) is 20.8 Å². The van der Waals surface area contributed by atoms with Crippen LogP contribution in [-0.4, -0.2) is 20.2 Å². The number of nitrogens with zero attached hydrogens (tertiary/aromatic N) is 4. The zero-order valence-corrected chi connectivity index (χ0v) is 9.03. The van der Waals surface area contributed by atoms with E-state index in [1.54, 1.807) is 4.80 Å². The molecule has 0 saturated carbocycles. The van der Waals surface area contributed by atoms with Crippen molar-refractivity contribution in [1.82, 2.24) is 20.2 Å². The summed E-state index contributed by atoms with van der Waals surface area (Å²) in [7, 11) is 0. The summed E-state index contributed by atoms with van der Waals surface area (Å²) in [6.45, 7) is 7.23. The maximum atomic E-state index is 4.08. The average molecular weight is 266 g/mol. The first kappa shape index (κ1) is 8.89. The van der Waals surface area contributed by atoms with Crippen molar-refractivity contribution in [2.75, 3.05) is 0 Å². The maximum Gasteiger partial charge on any atom is 0.234 e. The first-order valence-corrected chi connectivity index (χ1v) is 4.48. The Labute approximate surface area is 79.5 Å². The zero-order chi connectivity index (χ0) is 8.48. The lowest BCUT2D eigenvalue weighted by atomic mass is 9.97. The van der Waals surface area contributed by atoms with Gasteiger partial charge in [-0.25, -0.2) is 0 Å². The largest absolute Gasteiger partial charge is 0.234 e. The van der Waals surface area contributed by atoms with Gasteiger partial charge in [-0.15, -0.1) is 10.2 Å². The topological polar surface area (TPSA) is 43.6 Å². The molecule has 0 aromatic carbocycles. The molecule has 1 aromatic rings. The summed E-state index contributed by atoms with van der Waals surface area (Å²) in [5.74, 6) is 0. The highest BCUT2D eigenvalue weighted by molar-refractivity contribution is 14.1. The van der Waals surface area contributed by atoms with E-state index in [1.807, 2.05) is 22.6 Å². The fourth-order valence-electron chi connectivity index (χ4n) is 0.715. The molecule has 1 heterocycles. The fourth-order valence-corrected chi connectivity index (χ4v) is 1.06. The van der Waals surface area contributed by atoms with E-state index in [0.29, 0.717) is 3.83 Å². The Kier molecular flexibility index (Phi) is 2.46. The van der Waals surface area contributed by atoms with Gasteiger partial charge in [-0.2, -0.15) is 4.80 Å². The third kappa shape index (κ3) is 3.13. The van der Waals surface area contributed by atoms with Crippen molar-refractivity contribution < 1.29 is 0 Å². The first-order valence-electron chi connectivity index (χ1n) is 3.41. The van der Waals surface area contributed by atoms with E-state index in [0.717, 1.165) is 6.54 Å². The smallest absolute Gasteiger partial charge is 0.163 e. The molecule has 0 fully saturated rings. The van der Waals surface area contributed by atoms with Crippen molar-refractivity contribution in [1.29, 1.82) is 0 Å². The van der Waals surface area contributed by atoms with E-state index < -0.39 is 0 Å². The zero-order valence-electron chi connectivity index (χ0n) is 6.87. The lowest BCUT2D eigenvalue weighted by Crippen LogP contribution is -2.17. The number of tetrazole rings is 1. The average Bonchev–Trinajstić information content (AvgIpc) is 2.10. The van der Waals surface area contributed by atoms with E-state index in [4.69, 9.17) is 0 Å². The van der Waals surface area contributed by atoms with Gasteiger partial charge in [-0.05, 0) is 10.6 Å². The molecule has 0 unspecified atom stereocenters. The van der Waals surface area contributed by atoms with Gasteiger partial charge >= 0.3 is 0 Å². The molecule has 11 heavy (non-hydrogen) atoms. The molecular weight excluding hydrogens is 255 g/mol. The lowest BCUT2D eigenvalue weighted by molar-refractivity contribution is 0.299. The highest BCUT2D eigenvalue weighted by Gasteiger charge is 2.12. The standard InChI is InChI=1S/C6H11IN4/c1-6(2,3)4-11-9-5(7)8-10-11/h4H2,1-3H3. The Bertz CT molecular complexity index is 237. The number of halogens is 1. The van der Waals surface area contributed by atoms with Gasteiger partial charge in [0.25, 0.3) is 0 Å². The normalized spacial score (nSPS) is 12.0. The van der Waals surface area contributed by atoms with Crippen LogP contribution >= 0.6 is 22.6 Å². The summed E-state index contributed by atoms with van der Waals surface area (Å²) in [6.07, 6.45) is 0. The van der Waals surface area contributed by atoms with Crippen LogP contribution in [0.1, 0.15) is 20.8 Å². The quantitative estimate of drug-likeness (QED) is 0.720. The molecule has 0 aliphatic carbocycles. The van der Waals surface area contributed by atoms with E-state index in [-0.39, 0.29) is 5.41 Å². The van der Waals surface area contributed by atoms with E-state index in [9.17, 15) is 0 Å². The Hall–Kier alpha value is -0.200. The molecule has 1 aromatic heterocycles. The van der Waals surface area contributed by atoms with Crippen molar-refractivity contribution in [3.05, 3.63) is 3.83 Å². The van der Waals surface area contributed by atoms with Crippen molar-refractivity contribution in [3.8, 4) is 0 Å². The number of hydrogen-bond donors (Lipinski definition) is 0. The van der Waals surface area contributed by atoms with Crippen molar-refractivity contribution in [2.24, 2.45) is 5.41 Å². The summed E-state index contributed by atoms with van der Waals surface area (Å²) < 4.78 is 0.701. The lowest BCUT2D eigenvalue weighted by Gasteiger charge is -2.15. The van der Waals surface area contributed by atoms with E-state index in [2.05, 4.69) is 36.2 Å². The van der Waals surface area contributed by atoms with Crippen LogP contribution < -0.4 is 0 Å². The first-order chi connectivity index (χ1) is 4.97. The van der Waals surface area contributed by atoms with Gasteiger partial charge in [0, 0.05) is 22.6 Å². The Morgan fingerprint density at radius 1 is 1.45 bits per heavy atom. The maximum absolute atomic E-state index is 4.08. The molecule has 5 heteroatoms. The molecule has 0 amide bonds. The third-order valence-electron chi connectivity index (χ3n) is 1.04. The number of aromatic nitrogens is 4. The minimum atomic E-state index is 0.212. The molecular formula is C6H11IN4. The van der Waals surface area contributed by atoms with Gasteiger partial charge in [0.2, 0.25) is 3.83 Å². The highest BCUT2D eigenvalue weighted by atomic mass is 127. The molecule has 0 N–H and O–H groups in total. The summed E-state index contributed by atoms with van der Waals surface area (Å²) in [6, 6.07) is 0. The van der Waals surface area contributed by atoms with Gasteiger partial charge in [0.15, 0.2) is 0 Å². The Morgan fingerprint density at radius 2 is 2.09 bits per heavy atom. The predicted molar refractivity (Wildman–Crippen MR) is 50.0 cm³/mol. The van der Waals surface area contributed by atoms with Crippen LogP contribution in [0.4, 0.5) is 0 Å². The number of hydrogen-bond acceptors (Lipinski definition) is 3. The summed E-state index contributed by atoms with van der Waals surface area (Å²) in [4.78, 5) is 1.63. The van der Waals surface area contributed by atoms with E-state index in [1.165, 1.54) is 0 Å².